The van der Waals surface area contributed by atoms with Crippen LogP contribution in [0.25, 0.3) is 0 Å². The monoisotopic (exact) mass is 405 g/mol. The predicted octanol–water partition coefficient (Wildman–Crippen LogP) is 2.46. The van der Waals surface area contributed by atoms with Gasteiger partial charge in [0, 0.05) is 53.8 Å². The summed E-state index contributed by atoms with van der Waals surface area (Å²) in [6.07, 6.45) is 1.07. The zero-order chi connectivity index (χ0) is 7.56. The van der Waals surface area contributed by atoms with Gasteiger partial charge < -0.3 is 12.1 Å². The van der Waals surface area contributed by atoms with Crippen LogP contribution in [0.4, 0.5) is 0 Å². The summed E-state index contributed by atoms with van der Waals surface area (Å²) in [4.78, 5) is 0. The van der Waals surface area contributed by atoms with Gasteiger partial charge in [-0.3, -0.25) is 22.8 Å². The van der Waals surface area contributed by atoms with Crippen LogP contribution in [0.15, 0.2) is 6.07 Å². The van der Waals surface area contributed by atoms with Crippen LogP contribution in [0.1, 0.15) is 23.6 Å². The van der Waals surface area contributed by atoms with E-state index < -0.39 is 0 Å². The molecule has 1 rings (SSSR count). The van der Waals surface area contributed by atoms with Gasteiger partial charge >= 0.3 is 0 Å². The third-order valence-electron chi connectivity index (χ3n) is 1.67. The van der Waals surface area contributed by atoms with Crippen molar-refractivity contribution in [2.45, 2.75) is 27.2 Å². The van der Waals surface area contributed by atoms with Gasteiger partial charge in [0.25, 0.3) is 0 Å². The van der Waals surface area contributed by atoms with E-state index in [0.29, 0.717) is 0 Å². The molecule has 0 heterocycles. The van der Waals surface area contributed by atoms with Crippen LogP contribution in [0.2, 0.25) is 0 Å². The first kappa shape index (κ1) is 15.5. The van der Waals surface area contributed by atoms with Crippen molar-refractivity contribution in [2.24, 2.45) is 0 Å². The van der Waals surface area contributed by atoms with Crippen molar-refractivity contribution in [2.75, 3.05) is 0 Å². The minimum Gasteiger partial charge on any atom is -0.356 e. The van der Waals surface area contributed by atoms with Crippen molar-refractivity contribution in [1.82, 2.24) is 0 Å². The molecule has 63 valence electrons. The number of hydrogen-bond donors (Lipinski definition) is 0. The predicted molar refractivity (Wildman–Crippen MR) is 43.0 cm³/mol. The number of hydrogen-bond acceptors (Lipinski definition) is 0. The minimum absolute atomic E-state index is 0. The quantitative estimate of drug-likeness (QED) is 0.631. The Hall–Kier alpha value is 1.01. The Kier molecular flexibility index (Phi) is 9.57. The van der Waals surface area contributed by atoms with E-state index in [1.54, 1.807) is 0 Å². The average molecular weight is 405 g/mol. The van der Waals surface area contributed by atoms with Gasteiger partial charge in [-0.25, -0.2) is 0 Å². The molecule has 0 aliphatic carbocycles. The van der Waals surface area contributed by atoms with Crippen LogP contribution in [0.3, 0.4) is 0 Å². The molecule has 0 aliphatic heterocycles. The second-order valence-corrected chi connectivity index (χ2v) is 2.55. The Morgan fingerprint density at radius 1 is 1.33 bits per heavy atom. The summed E-state index contributed by atoms with van der Waals surface area (Å²) in [5.41, 5.74) is 3.73. The summed E-state index contributed by atoms with van der Waals surface area (Å²) in [5, 5.41) is 0. The zero-order valence-electron chi connectivity index (χ0n) is 7.77. The van der Waals surface area contributed by atoms with E-state index in [9.17, 15) is 0 Å². The Bertz CT molecular complexity index is 233. The summed E-state index contributed by atoms with van der Waals surface area (Å²) in [6.45, 7) is 6.28. The molecule has 0 saturated carbocycles. The largest absolute Gasteiger partial charge is 0.356 e. The first-order chi connectivity index (χ1) is 4.74. The van der Waals surface area contributed by atoms with Crippen LogP contribution in [-0.2, 0) is 60.2 Å². The van der Waals surface area contributed by atoms with Gasteiger partial charge in [0.1, 0.15) is 0 Å². The smallest absolute Gasteiger partial charge is 0 e. The average Bonchev–Trinajstić information content (AvgIpc) is 1.94. The molecule has 0 atom stereocenters. The van der Waals surface area contributed by atoms with Crippen molar-refractivity contribution >= 4 is 0 Å². The molecule has 0 nitrogen and oxygen atoms in total. The topological polar surface area (TPSA) is 0 Å². The summed E-state index contributed by atoms with van der Waals surface area (Å²) < 4.78 is 0. The van der Waals surface area contributed by atoms with Gasteiger partial charge in [0.2, 0.25) is 0 Å². The van der Waals surface area contributed by atoms with E-state index in [-0.39, 0.29) is 53.8 Å². The Morgan fingerprint density at radius 3 is 2.33 bits per heavy atom. The van der Waals surface area contributed by atoms with Crippen molar-refractivity contribution in [3.05, 3.63) is 34.9 Å². The summed E-state index contributed by atoms with van der Waals surface area (Å²) in [6, 6.07) is 8.42. The molecule has 0 unspecified atom stereocenters. The second kappa shape index (κ2) is 7.42. The Balaban J connectivity index is 0. The van der Waals surface area contributed by atoms with E-state index in [1.807, 2.05) is 13.0 Å². The standard InChI is InChI=1S/C10H12.W.Y/c1-4-10-7-8(2)5-6-9(10)3;;/h6H,4H2,1-3H3;;/q-2;;. The molecule has 0 aliphatic rings. The van der Waals surface area contributed by atoms with Crippen LogP contribution < -0.4 is 0 Å². The Morgan fingerprint density at radius 2 is 1.92 bits per heavy atom. The second-order valence-electron chi connectivity index (χ2n) is 2.55. The third-order valence-corrected chi connectivity index (χ3v) is 1.67. The molecule has 0 aromatic heterocycles. The Labute approximate surface area is 115 Å². The van der Waals surface area contributed by atoms with Gasteiger partial charge in [-0.15, -0.1) is 6.92 Å². The van der Waals surface area contributed by atoms with Gasteiger partial charge in [0.15, 0.2) is 0 Å². The van der Waals surface area contributed by atoms with Crippen LogP contribution >= 0.6 is 0 Å². The zero-order valence-corrected chi connectivity index (χ0v) is 13.5. The maximum atomic E-state index is 3.27. The number of aryl methyl sites for hydroxylation is 3. The van der Waals surface area contributed by atoms with Crippen LogP contribution in [0, 0.1) is 26.0 Å². The van der Waals surface area contributed by atoms with E-state index in [0.717, 1.165) is 12.0 Å². The van der Waals surface area contributed by atoms with Gasteiger partial charge in [-0.1, -0.05) is 20.3 Å². The number of rotatable bonds is 1. The number of benzene rings is 1. The molecule has 0 fully saturated rings. The van der Waals surface area contributed by atoms with Crippen molar-refractivity contribution in [1.29, 1.82) is 0 Å². The molecule has 0 N–H and O–H groups in total. The SMILES string of the molecule is CCc1[c-]c(C)[c-]cc1C.[W].[Y]. The van der Waals surface area contributed by atoms with Gasteiger partial charge in [-0.05, 0) is 0 Å². The maximum Gasteiger partial charge on any atom is 0 e. The third kappa shape index (κ3) is 4.31. The molecule has 0 bridgehead atoms. The van der Waals surface area contributed by atoms with Crippen molar-refractivity contribution < 1.29 is 53.8 Å². The molecular formula is C10H12WY-2. The van der Waals surface area contributed by atoms with Gasteiger partial charge in [0.05, 0.1) is 0 Å². The molecule has 1 radical (unpaired) electrons. The summed E-state index contributed by atoms with van der Waals surface area (Å²) in [7, 11) is 0. The van der Waals surface area contributed by atoms with Crippen LogP contribution in [0.5, 0.6) is 0 Å². The summed E-state index contributed by atoms with van der Waals surface area (Å²) in [5.74, 6) is 0. The van der Waals surface area contributed by atoms with E-state index >= 15 is 0 Å². The summed E-state index contributed by atoms with van der Waals surface area (Å²) >= 11 is 0. The molecule has 2 heteroatoms. The minimum atomic E-state index is 0. The van der Waals surface area contributed by atoms with E-state index in [2.05, 4.69) is 26.0 Å². The maximum absolute atomic E-state index is 3.27. The fourth-order valence-electron chi connectivity index (χ4n) is 1.03. The molecule has 0 spiro atoms. The van der Waals surface area contributed by atoms with Gasteiger partial charge in [-0.2, -0.15) is 0 Å². The van der Waals surface area contributed by atoms with E-state index in [4.69, 9.17) is 0 Å². The molecule has 0 amide bonds. The molecular weight excluding hydrogens is 393 g/mol. The first-order valence-electron chi connectivity index (χ1n) is 3.64. The van der Waals surface area contributed by atoms with Crippen LogP contribution in [-0.4, -0.2) is 0 Å². The fraction of sp³-hybridized carbons (Fsp3) is 0.400. The fourth-order valence-corrected chi connectivity index (χ4v) is 1.03. The first-order valence-corrected chi connectivity index (χ1v) is 3.64. The molecule has 12 heavy (non-hydrogen) atoms. The molecule has 1 aromatic carbocycles. The van der Waals surface area contributed by atoms with E-state index in [1.165, 1.54) is 11.1 Å². The van der Waals surface area contributed by atoms with Crippen molar-refractivity contribution in [3.63, 3.8) is 0 Å². The molecule has 0 saturated heterocycles. The normalized spacial score (nSPS) is 8.25. The molecule has 1 aromatic rings. The van der Waals surface area contributed by atoms with Crippen molar-refractivity contribution in [3.8, 4) is 0 Å².